The molecule has 0 unspecified atom stereocenters. The zero-order valence-corrected chi connectivity index (χ0v) is 25.6. The standard InChI is InChI=1S/C34H72N2/c1-3-5-7-9-11-13-15-17-19-21-23-25-27-29-31-35-33-34-36-32-30-28-26-24-22-20-18-16-14-12-10-8-6-4-2/h35-36H,3-34H2,1-2H3. The third kappa shape index (κ3) is 33.9. The van der Waals surface area contributed by atoms with Crippen molar-refractivity contribution in [3.63, 3.8) is 0 Å². The molecule has 0 aliphatic carbocycles. The predicted octanol–water partition coefficient (Wildman–Crippen LogP) is 11.1. The molecule has 36 heavy (non-hydrogen) atoms. The predicted molar refractivity (Wildman–Crippen MR) is 166 cm³/mol. The largest absolute Gasteiger partial charge is 0.315 e. The van der Waals surface area contributed by atoms with Crippen LogP contribution < -0.4 is 10.6 Å². The molecule has 2 N–H and O–H groups in total. The molecule has 0 aliphatic heterocycles. The zero-order valence-electron chi connectivity index (χ0n) is 25.6. The van der Waals surface area contributed by atoms with Crippen LogP contribution in [0.25, 0.3) is 0 Å². The van der Waals surface area contributed by atoms with Crippen LogP contribution in [0.2, 0.25) is 0 Å². The summed E-state index contributed by atoms with van der Waals surface area (Å²) >= 11 is 0. The number of hydrogen-bond acceptors (Lipinski definition) is 2. The highest BCUT2D eigenvalue weighted by molar-refractivity contribution is 4.55. The summed E-state index contributed by atoms with van der Waals surface area (Å²) in [5.41, 5.74) is 0. The molecule has 0 fully saturated rings. The van der Waals surface area contributed by atoms with Crippen LogP contribution in [-0.4, -0.2) is 26.2 Å². The maximum Gasteiger partial charge on any atom is 0.00767 e. The van der Waals surface area contributed by atoms with Gasteiger partial charge in [-0.1, -0.05) is 181 Å². The minimum atomic E-state index is 1.14. The Morgan fingerprint density at radius 1 is 0.222 bits per heavy atom. The van der Waals surface area contributed by atoms with Crippen molar-refractivity contribution in [1.29, 1.82) is 0 Å². The lowest BCUT2D eigenvalue weighted by atomic mass is 10.0. The van der Waals surface area contributed by atoms with Gasteiger partial charge in [0.2, 0.25) is 0 Å². The Balaban J connectivity index is 3.00. The number of hydrogen-bond donors (Lipinski definition) is 2. The Bertz CT molecular complexity index is 323. The minimum absolute atomic E-state index is 1.14. The van der Waals surface area contributed by atoms with Crippen molar-refractivity contribution in [1.82, 2.24) is 10.6 Å². The quantitative estimate of drug-likeness (QED) is 0.0861. The molecule has 0 aromatic carbocycles. The van der Waals surface area contributed by atoms with Crippen LogP contribution in [0.3, 0.4) is 0 Å². The Hall–Kier alpha value is -0.0800. The average Bonchev–Trinajstić information content (AvgIpc) is 2.89. The van der Waals surface area contributed by atoms with E-state index >= 15 is 0 Å². The number of rotatable bonds is 33. The van der Waals surface area contributed by atoms with Crippen LogP contribution in [0.4, 0.5) is 0 Å². The average molecular weight is 509 g/mol. The second-order valence-corrected chi connectivity index (χ2v) is 11.7. The molecule has 2 heteroatoms. The van der Waals surface area contributed by atoms with Crippen molar-refractivity contribution < 1.29 is 0 Å². The van der Waals surface area contributed by atoms with Gasteiger partial charge in [0, 0.05) is 13.1 Å². The summed E-state index contributed by atoms with van der Waals surface area (Å²) in [6.45, 7) is 9.29. The first-order chi connectivity index (χ1) is 17.9. The fourth-order valence-electron chi connectivity index (χ4n) is 5.32. The molecule has 0 saturated heterocycles. The van der Waals surface area contributed by atoms with Gasteiger partial charge < -0.3 is 10.6 Å². The Morgan fingerprint density at radius 2 is 0.417 bits per heavy atom. The summed E-state index contributed by atoms with van der Waals surface area (Å²) in [5, 5.41) is 7.24. The highest BCUT2D eigenvalue weighted by Gasteiger charge is 1.96. The van der Waals surface area contributed by atoms with Crippen molar-refractivity contribution in [3.05, 3.63) is 0 Å². The minimum Gasteiger partial charge on any atom is -0.315 e. The molecule has 0 radical (unpaired) electrons. The van der Waals surface area contributed by atoms with Gasteiger partial charge in [-0.25, -0.2) is 0 Å². The molecular formula is C34H72N2. The van der Waals surface area contributed by atoms with Crippen LogP contribution in [0.1, 0.15) is 194 Å². The van der Waals surface area contributed by atoms with E-state index in [0.717, 1.165) is 13.1 Å². The van der Waals surface area contributed by atoms with Crippen LogP contribution in [0, 0.1) is 0 Å². The zero-order chi connectivity index (χ0) is 26.0. The van der Waals surface area contributed by atoms with E-state index in [1.54, 1.807) is 0 Å². The summed E-state index contributed by atoms with van der Waals surface area (Å²) < 4.78 is 0. The lowest BCUT2D eigenvalue weighted by molar-refractivity contribution is 0.520. The fraction of sp³-hybridized carbons (Fsp3) is 1.00. The summed E-state index contributed by atoms with van der Waals surface area (Å²) in [4.78, 5) is 0. The van der Waals surface area contributed by atoms with Gasteiger partial charge >= 0.3 is 0 Å². The molecule has 0 spiro atoms. The Labute approximate surface area is 230 Å². The van der Waals surface area contributed by atoms with Crippen LogP contribution in [-0.2, 0) is 0 Å². The van der Waals surface area contributed by atoms with Gasteiger partial charge in [-0.05, 0) is 25.9 Å². The molecule has 0 atom stereocenters. The molecule has 2 nitrogen and oxygen atoms in total. The highest BCUT2D eigenvalue weighted by Crippen LogP contribution is 2.14. The van der Waals surface area contributed by atoms with Gasteiger partial charge in [0.15, 0.2) is 0 Å². The van der Waals surface area contributed by atoms with E-state index in [0.29, 0.717) is 0 Å². The smallest absolute Gasteiger partial charge is 0.00767 e. The first-order valence-corrected chi connectivity index (χ1v) is 17.3. The topological polar surface area (TPSA) is 24.1 Å². The first-order valence-electron chi connectivity index (χ1n) is 17.3. The van der Waals surface area contributed by atoms with E-state index in [2.05, 4.69) is 24.5 Å². The van der Waals surface area contributed by atoms with Crippen LogP contribution in [0.5, 0.6) is 0 Å². The monoisotopic (exact) mass is 509 g/mol. The molecular weight excluding hydrogens is 436 g/mol. The van der Waals surface area contributed by atoms with E-state index in [-0.39, 0.29) is 0 Å². The van der Waals surface area contributed by atoms with Gasteiger partial charge in [-0.3, -0.25) is 0 Å². The summed E-state index contributed by atoms with van der Waals surface area (Å²) in [6, 6.07) is 0. The van der Waals surface area contributed by atoms with Crippen molar-refractivity contribution in [2.75, 3.05) is 26.2 Å². The normalized spacial score (nSPS) is 11.5. The van der Waals surface area contributed by atoms with E-state index in [4.69, 9.17) is 0 Å². The number of unbranched alkanes of at least 4 members (excludes halogenated alkanes) is 26. The van der Waals surface area contributed by atoms with Gasteiger partial charge in [-0.15, -0.1) is 0 Å². The lowest BCUT2D eigenvalue weighted by Crippen LogP contribution is -2.28. The maximum atomic E-state index is 3.62. The molecule has 0 aromatic heterocycles. The van der Waals surface area contributed by atoms with Crippen LogP contribution in [0.15, 0.2) is 0 Å². The fourth-order valence-corrected chi connectivity index (χ4v) is 5.32. The van der Waals surface area contributed by atoms with Crippen molar-refractivity contribution in [3.8, 4) is 0 Å². The second kappa shape index (κ2) is 34.9. The molecule has 0 aromatic rings. The lowest BCUT2D eigenvalue weighted by Gasteiger charge is -2.07. The molecule has 0 saturated carbocycles. The van der Waals surface area contributed by atoms with Crippen LogP contribution >= 0.6 is 0 Å². The van der Waals surface area contributed by atoms with Gasteiger partial charge in [-0.2, -0.15) is 0 Å². The molecule has 0 rings (SSSR count). The Kier molecular flexibility index (Phi) is 34.8. The summed E-state index contributed by atoms with van der Waals surface area (Å²) in [5.74, 6) is 0. The molecule has 0 aliphatic rings. The molecule has 0 bridgehead atoms. The van der Waals surface area contributed by atoms with Crippen molar-refractivity contribution in [2.45, 2.75) is 194 Å². The van der Waals surface area contributed by atoms with E-state index in [1.807, 2.05) is 0 Å². The number of nitrogens with one attached hydrogen (secondary N) is 2. The van der Waals surface area contributed by atoms with Gasteiger partial charge in [0.1, 0.15) is 0 Å². The summed E-state index contributed by atoms with van der Waals surface area (Å²) in [6.07, 6.45) is 40.5. The SMILES string of the molecule is CCCCCCCCCCCCCCCCNCCNCCCCCCCCCCCCCCCC. The van der Waals surface area contributed by atoms with Crippen molar-refractivity contribution >= 4 is 0 Å². The second-order valence-electron chi connectivity index (χ2n) is 11.7. The van der Waals surface area contributed by atoms with E-state index in [9.17, 15) is 0 Å². The van der Waals surface area contributed by atoms with Crippen molar-refractivity contribution in [2.24, 2.45) is 0 Å². The molecule has 0 amide bonds. The van der Waals surface area contributed by atoms with E-state index in [1.165, 1.54) is 193 Å². The highest BCUT2D eigenvalue weighted by atomic mass is 14.9. The van der Waals surface area contributed by atoms with E-state index < -0.39 is 0 Å². The molecule has 0 heterocycles. The maximum absolute atomic E-state index is 3.62. The Morgan fingerprint density at radius 3 is 0.639 bits per heavy atom. The van der Waals surface area contributed by atoms with Gasteiger partial charge in [0.25, 0.3) is 0 Å². The third-order valence-electron chi connectivity index (χ3n) is 7.89. The third-order valence-corrected chi connectivity index (χ3v) is 7.89. The molecule has 218 valence electrons. The van der Waals surface area contributed by atoms with Gasteiger partial charge in [0.05, 0.1) is 0 Å². The summed E-state index contributed by atoms with van der Waals surface area (Å²) in [7, 11) is 0. The first kappa shape index (κ1) is 35.9.